The molecule has 1 aliphatic rings. The zero-order chi connectivity index (χ0) is 11.4. The second-order valence-corrected chi connectivity index (χ2v) is 4.71. The third kappa shape index (κ3) is 3.09. The lowest BCUT2D eigenvalue weighted by atomic mass is 9.92. The van der Waals surface area contributed by atoms with Crippen LogP contribution < -0.4 is 11.1 Å². The van der Waals surface area contributed by atoms with Gasteiger partial charge in [-0.15, -0.1) is 0 Å². The molecule has 0 amide bonds. The van der Waals surface area contributed by atoms with Gasteiger partial charge in [0.15, 0.2) is 0 Å². The summed E-state index contributed by atoms with van der Waals surface area (Å²) >= 11 is 0. The molecule has 0 aliphatic heterocycles. The summed E-state index contributed by atoms with van der Waals surface area (Å²) in [6, 6.07) is 5.18. The molecule has 0 saturated heterocycles. The van der Waals surface area contributed by atoms with Crippen LogP contribution in [0, 0.1) is 0 Å². The van der Waals surface area contributed by atoms with Crippen molar-refractivity contribution in [1.29, 1.82) is 0 Å². The van der Waals surface area contributed by atoms with Crippen LogP contribution in [0.1, 0.15) is 44.1 Å². The van der Waals surface area contributed by atoms with Crippen molar-refractivity contribution in [2.75, 3.05) is 0 Å². The molecule has 90 valence electrons. The fourth-order valence-corrected chi connectivity index (χ4v) is 2.28. The van der Waals surface area contributed by atoms with Crippen molar-refractivity contribution < 1.29 is 4.42 Å². The van der Waals surface area contributed by atoms with Crippen molar-refractivity contribution >= 4 is 0 Å². The van der Waals surface area contributed by atoms with Gasteiger partial charge >= 0.3 is 0 Å². The standard InChI is InChI=1S/C13H22N2O/c1-2-12-7-8-13(16-12)9-15-11-5-3-10(14)4-6-11/h7-8,10-11,15H,2-6,9,14H2,1H3. The van der Waals surface area contributed by atoms with Crippen LogP contribution in [0.2, 0.25) is 0 Å². The predicted molar refractivity (Wildman–Crippen MR) is 65.2 cm³/mol. The largest absolute Gasteiger partial charge is 0.465 e. The maximum atomic E-state index is 5.88. The average Bonchev–Trinajstić information content (AvgIpc) is 2.76. The summed E-state index contributed by atoms with van der Waals surface area (Å²) in [6.45, 7) is 2.96. The van der Waals surface area contributed by atoms with Gasteiger partial charge in [-0.2, -0.15) is 0 Å². The highest BCUT2D eigenvalue weighted by Crippen LogP contribution is 2.17. The van der Waals surface area contributed by atoms with Gasteiger partial charge in [-0.3, -0.25) is 0 Å². The van der Waals surface area contributed by atoms with E-state index in [-0.39, 0.29) is 0 Å². The van der Waals surface area contributed by atoms with Crippen LogP contribution in [-0.4, -0.2) is 12.1 Å². The molecule has 0 radical (unpaired) electrons. The molecule has 1 aromatic heterocycles. The number of furan rings is 1. The maximum Gasteiger partial charge on any atom is 0.117 e. The molecule has 0 aromatic carbocycles. The van der Waals surface area contributed by atoms with E-state index in [0.717, 1.165) is 37.3 Å². The zero-order valence-corrected chi connectivity index (χ0v) is 10.0. The maximum absolute atomic E-state index is 5.88. The smallest absolute Gasteiger partial charge is 0.117 e. The molecule has 1 saturated carbocycles. The number of nitrogens with one attached hydrogen (secondary N) is 1. The summed E-state index contributed by atoms with van der Waals surface area (Å²) in [5.74, 6) is 2.12. The van der Waals surface area contributed by atoms with Crippen molar-refractivity contribution in [3.05, 3.63) is 23.7 Å². The summed E-state index contributed by atoms with van der Waals surface area (Å²) in [5.41, 5.74) is 5.88. The van der Waals surface area contributed by atoms with E-state index in [2.05, 4.69) is 24.4 Å². The lowest BCUT2D eigenvalue weighted by Gasteiger charge is -2.26. The minimum atomic E-state index is 0.424. The second kappa shape index (κ2) is 5.51. The van der Waals surface area contributed by atoms with E-state index in [1.165, 1.54) is 12.8 Å². The van der Waals surface area contributed by atoms with Gasteiger partial charge in [-0.05, 0) is 37.8 Å². The van der Waals surface area contributed by atoms with Gasteiger partial charge in [0, 0.05) is 18.5 Å². The Morgan fingerprint density at radius 3 is 2.56 bits per heavy atom. The Morgan fingerprint density at radius 2 is 1.94 bits per heavy atom. The topological polar surface area (TPSA) is 51.2 Å². The van der Waals surface area contributed by atoms with Crippen LogP contribution >= 0.6 is 0 Å². The van der Waals surface area contributed by atoms with E-state index in [1.54, 1.807) is 0 Å². The molecule has 1 aromatic rings. The monoisotopic (exact) mass is 222 g/mol. The Labute approximate surface area is 97.4 Å². The molecule has 1 heterocycles. The van der Waals surface area contributed by atoms with Crippen molar-refractivity contribution in [2.24, 2.45) is 5.73 Å². The van der Waals surface area contributed by atoms with Gasteiger partial charge in [0.25, 0.3) is 0 Å². The van der Waals surface area contributed by atoms with Crippen LogP contribution in [0.15, 0.2) is 16.5 Å². The molecule has 1 fully saturated rings. The number of aryl methyl sites for hydroxylation is 1. The normalized spacial score (nSPS) is 25.9. The lowest BCUT2D eigenvalue weighted by Crippen LogP contribution is -2.36. The predicted octanol–water partition coefficient (Wildman–Crippen LogP) is 2.20. The summed E-state index contributed by atoms with van der Waals surface area (Å²) in [6.07, 6.45) is 5.66. The SMILES string of the molecule is CCc1ccc(CNC2CCC(N)CC2)o1. The fraction of sp³-hybridized carbons (Fsp3) is 0.692. The highest BCUT2D eigenvalue weighted by molar-refractivity contribution is 5.06. The molecule has 3 nitrogen and oxygen atoms in total. The minimum Gasteiger partial charge on any atom is -0.465 e. The van der Waals surface area contributed by atoms with E-state index < -0.39 is 0 Å². The highest BCUT2D eigenvalue weighted by atomic mass is 16.3. The molecule has 0 unspecified atom stereocenters. The number of hydrogen-bond donors (Lipinski definition) is 2. The first-order valence-electron chi connectivity index (χ1n) is 6.34. The van der Waals surface area contributed by atoms with Crippen LogP contribution in [0.5, 0.6) is 0 Å². The second-order valence-electron chi connectivity index (χ2n) is 4.71. The highest BCUT2D eigenvalue weighted by Gasteiger charge is 2.17. The van der Waals surface area contributed by atoms with E-state index in [9.17, 15) is 0 Å². The molecule has 0 atom stereocenters. The average molecular weight is 222 g/mol. The molecular weight excluding hydrogens is 200 g/mol. The summed E-state index contributed by atoms with van der Waals surface area (Å²) in [5, 5.41) is 3.55. The first-order valence-corrected chi connectivity index (χ1v) is 6.34. The van der Waals surface area contributed by atoms with Crippen LogP contribution in [0.3, 0.4) is 0 Å². The van der Waals surface area contributed by atoms with Gasteiger partial charge in [0.05, 0.1) is 6.54 Å². The van der Waals surface area contributed by atoms with E-state index in [1.807, 2.05) is 0 Å². The van der Waals surface area contributed by atoms with Crippen molar-refractivity contribution in [1.82, 2.24) is 5.32 Å². The first kappa shape index (κ1) is 11.7. The Bertz CT molecular complexity index is 313. The quantitative estimate of drug-likeness (QED) is 0.821. The Morgan fingerprint density at radius 1 is 1.25 bits per heavy atom. The van der Waals surface area contributed by atoms with Crippen LogP contribution in [0.4, 0.5) is 0 Å². The van der Waals surface area contributed by atoms with Crippen LogP contribution in [-0.2, 0) is 13.0 Å². The minimum absolute atomic E-state index is 0.424. The Hall–Kier alpha value is -0.800. The Balaban J connectivity index is 1.74. The van der Waals surface area contributed by atoms with Crippen molar-refractivity contribution in [3.63, 3.8) is 0 Å². The molecule has 16 heavy (non-hydrogen) atoms. The third-order valence-electron chi connectivity index (χ3n) is 3.40. The first-order chi connectivity index (χ1) is 7.78. The summed E-state index contributed by atoms with van der Waals surface area (Å²) in [4.78, 5) is 0. The molecule has 3 heteroatoms. The third-order valence-corrected chi connectivity index (χ3v) is 3.40. The van der Waals surface area contributed by atoms with Crippen molar-refractivity contribution in [2.45, 2.75) is 57.7 Å². The van der Waals surface area contributed by atoms with E-state index in [0.29, 0.717) is 12.1 Å². The molecule has 0 spiro atoms. The molecule has 1 aliphatic carbocycles. The molecule has 0 bridgehead atoms. The summed E-state index contributed by atoms with van der Waals surface area (Å²) in [7, 11) is 0. The fourth-order valence-electron chi connectivity index (χ4n) is 2.28. The molecular formula is C13H22N2O. The molecule has 2 rings (SSSR count). The lowest BCUT2D eigenvalue weighted by molar-refractivity contribution is 0.329. The number of nitrogens with two attached hydrogens (primary N) is 1. The number of rotatable bonds is 4. The molecule has 3 N–H and O–H groups in total. The van der Waals surface area contributed by atoms with E-state index in [4.69, 9.17) is 10.2 Å². The van der Waals surface area contributed by atoms with Gasteiger partial charge < -0.3 is 15.5 Å². The van der Waals surface area contributed by atoms with E-state index >= 15 is 0 Å². The Kier molecular flexibility index (Phi) is 4.02. The zero-order valence-electron chi connectivity index (χ0n) is 10.0. The number of hydrogen-bond acceptors (Lipinski definition) is 3. The van der Waals surface area contributed by atoms with Gasteiger partial charge in [0.1, 0.15) is 11.5 Å². The van der Waals surface area contributed by atoms with Gasteiger partial charge in [-0.1, -0.05) is 6.92 Å². The van der Waals surface area contributed by atoms with Gasteiger partial charge in [-0.25, -0.2) is 0 Å². The van der Waals surface area contributed by atoms with Gasteiger partial charge in [0.2, 0.25) is 0 Å². The summed E-state index contributed by atoms with van der Waals surface area (Å²) < 4.78 is 5.66. The van der Waals surface area contributed by atoms with Crippen LogP contribution in [0.25, 0.3) is 0 Å². The van der Waals surface area contributed by atoms with Crippen molar-refractivity contribution in [3.8, 4) is 0 Å².